The van der Waals surface area contributed by atoms with Crippen LogP contribution in [0.5, 0.6) is 17.2 Å². The van der Waals surface area contributed by atoms with E-state index in [4.69, 9.17) is 26.8 Å². The number of anilines is 1. The summed E-state index contributed by atoms with van der Waals surface area (Å²) in [6.45, 7) is 1.39. The fourth-order valence-electron chi connectivity index (χ4n) is 3.05. The molecule has 0 saturated carbocycles. The number of hydrogen-bond acceptors (Lipinski definition) is 4. The van der Waals surface area contributed by atoms with Crippen LogP contribution in [0.2, 0.25) is 5.02 Å². The van der Waals surface area contributed by atoms with E-state index < -0.39 is 45.7 Å². The highest BCUT2D eigenvalue weighted by Gasteiger charge is 2.44. The molecule has 2 aromatic rings. The minimum atomic E-state index is -4.77. The minimum absolute atomic E-state index is 0.0153. The van der Waals surface area contributed by atoms with E-state index in [1.807, 2.05) is 0 Å². The number of hydrogen-bond donors (Lipinski definition) is 1. The Morgan fingerprint density at radius 1 is 1.30 bits per heavy atom. The van der Waals surface area contributed by atoms with Gasteiger partial charge in [0.15, 0.2) is 17.2 Å². The van der Waals surface area contributed by atoms with Crippen molar-refractivity contribution in [1.82, 2.24) is 0 Å². The van der Waals surface area contributed by atoms with Crippen LogP contribution in [-0.2, 0) is 15.8 Å². The topological polar surface area (TPSA) is 81.9 Å². The van der Waals surface area contributed by atoms with Gasteiger partial charge in [-0.2, -0.15) is 13.2 Å². The largest absolute Gasteiger partial charge is 0.475 e. The average Bonchev–Trinajstić information content (AvgIpc) is 2.61. The molecule has 0 spiro atoms. The highest BCUT2D eigenvalue weighted by atomic mass is 35.5. The van der Waals surface area contributed by atoms with Gasteiger partial charge in [0, 0.05) is 13.1 Å². The Balaban J connectivity index is 1.96. The quantitative estimate of drug-likeness (QED) is 0.711. The predicted molar refractivity (Wildman–Crippen MR) is 99.2 cm³/mol. The molecule has 2 aromatic carbocycles. The second-order valence-electron chi connectivity index (χ2n) is 6.84. The Hall–Kier alpha value is -3.01. The molecule has 0 bridgehead atoms. The maximum absolute atomic E-state index is 14.2. The number of amides is 2. The Labute approximate surface area is 173 Å². The second kappa shape index (κ2) is 7.35. The number of nitrogens with two attached hydrogens (primary N) is 1. The fourth-order valence-corrected chi connectivity index (χ4v) is 3.30. The number of benzene rings is 2. The first-order chi connectivity index (χ1) is 13.8. The van der Waals surface area contributed by atoms with Crippen LogP contribution in [0.4, 0.5) is 23.2 Å². The van der Waals surface area contributed by atoms with E-state index in [2.05, 4.69) is 0 Å². The van der Waals surface area contributed by atoms with Gasteiger partial charge >= 0.3 is 6.18 Å². The average molecular weight is 447 g/mol. The Morgan fingerprint density at radius 2 is 1.97 bits per heavy atom. The standard InChI is InChI=1S/C19H15ClF4N2O4/c1-18(8-15(25)27)17(28)26(2)13-4-3-10(7-14(13)30-18)29-16-11(20)5-9(6-12(16)21)19(22,23)24/h3-7H,8H2,1-2H3,(H2,25,27). The molecule has 1 aliphatic rings. The summed E-state index contributed by atoms with van der Waals surface area (Å²) in [6, 6.07) is 4.90. The molecular formula is C19H15ClF4N2O4. The molecule has 3 rings (SSSR count). The van der Waals surface area contributed by atoms with E-state index in [9.17, 15) is 27.2 Å². The van der Waals surface area contributed by atoms with Crippen LogP contribution >= 0.6 is 11.6 Å². The molecule has 1 heterocycles. The number of likely N-dealkylation sites (N-methyl/N-ethyl adjacent to an activating group) is 1. The molecule has 30 heavy (non-hydrogen) atoms. The van der Waals surface area contributed by atoms with Gasteiger partial charge in [0.1, 0.15) is 11.5 Å². The lowest BCUT2D eigenvalue weighted by molar-refractivity contribution is -0.138. The SMILES string of the molecule is CN1C(=O)C(C)(CC(N)=O)Oc2cc(Oc3c(F)cc(C(F)(F)F)cc3Cl)ccc21. The minimum Gasteiger partial charge on any atom is -0.475 e. The first-order valence-corrected chi connectivity index (χ1v) is 8.83. The maximum Gasteiger partial charge on any atom is 0.416 e. The zero-order chi connectivity index (χ0) is 22.4. The van der Waals surface area contributed by atoms with Gasteiger partial charge in [-0.15, -0.1) is 0 Å². The van der Waals surface area contributed by atoms with Crippen LogP contribution in [0.1, 0.15) is 18.9 Å². The Morgan fingerprint density at radius 3 is 2.53 bits per heavy atom. The van der Waals surface area contributed by atoms with Gasteiger partial charge in [0.25, 0.3) is 5.91 Å². The molecule has 1 aliphatic heterocycles. The molecule has 2 N–H and O–H groups in total. The van der Waals surface area contributed by atoms with Crippen molar-refractivity contribution < 1.29 is 36.6 Å². The van der Waals surface area contributed by atoms with E-state index in [0.29, 0.717) is 11.8 Å². The van der Waals surface area contributed by atoms with Crippen LogP contribution < -0.4 is 20.1 Å². The zero-order valence-electron chi connectivity index (χ0n) is 15.6. The van der Waals surface area contributed by atoms with Crippen molar-refractivity contribution in [3.63, 3.8) is 0 Å². The molecule has 2 amide bonds. The monoisotopic (exact) mass is 446 g/mol. The third-order valence-electron chi connectivity index (χ3n) is 4.44. The predicted octanol–water partition coefficient (Wildman–Crippen LogP) is 4.28. The van der Waals surface area contributed by atoms with Crippen molar-refractivity contribution in [3.8, 4) is 17.2 Å². The number of fused-ring (bicyclic) bond motifs is 1. The zero-order valence-corrected chi connectivity index (χ0v) is 16.4. The van der Waals surface area contributed by atoms with Crippen molar-refractivity contribution in [3.05, 3.63) is 46.7 Å². The number of carbonyl (C=O) groups excluding carboxylic acids is 2. The number of carbonyl (C=O) groups is 2. The fraction of sp³-hybridized carbons (Fsp3) is 0.263. The molecule has 0 aromatic heterocycles. The highest BCUT2D eigenvalue weighted by molar-refractivity contribution is 6.32. The summed E-state index contributed by atoms with van der Waals surface area (Å²) in [5.41, 5.74) is 2.71. The number of alkyl halides is 3. The van der Waals surface area contributed by atoms with Gasteiger partial charge in [0.05, 0.1) is 22.7 Å². The van der Waals surface area contributed by atoms with Crippen molar-refractivity contribution >= 4 is 29.1 Å². The lowest BCUT2D eigenvalue weighted by atomic mass is 9.97. The summed E-state index contributed by atoms with van der Waals surface area (Å²) < 4.78 is 63.5. The molecule has 11 heteroatoms. The van der Waals surface area contributed by atoms with Gasteiger partial charge in [-0.1, -0.05) is 11.6 Å². The first-order valence-electron chi connectivity index (χ1n) is 8.45. The van der Waals surface area contributed by atoms with E-state index in [-0.39, 0.29) is 24.0 Å². The number of rotatable bonds is 4. The van der Waals surface area contributed by atoms with Crippen LogP contribution in [0.3, 0.4) is 0 Å². The van der Waals surface area contributed by atoms with Crippen molar-refractivity contribution in [1.29, 1.82) is 0 Å². The summed E-state index contributed by atoms with van der Waals surface area (Å²) in [6.07, 6.45) is -5.16. The van der Waals surface area contributed by atoms with Crippen LogP contribution in [0.15, 0.2) is 30.3 Å². The van der Waals surface area contributed by atoms with Gasteiger partial charge in [-0.05, 0) is 31.2 Å². The van der Waals surface area contributed by atoms with E-state index in [0.717, 1.165) is 0 Å². The molecule has 6 nitrogen and oxygen atoms in total. The molecule has 0 saturated heterocycles. The van der Waals surface area contributed by atoms with Crippen LogP contribution in [-0.4, -0.2) is 24.5 Å². The molecule has 0 radical (unpaired) electrons. The number of primary amides is 1. The second-order valence-corrected chi connectivity index (χ2v) is 7.25. The first kappa shape index (κ1) is 21.7. The van der Waals surface area contributed by atoms with Gasteiger partial charge < -0.3 is 20.1 Å². The van der Waals surface area contributed by atoms with Crippen molar-refractivity contribution in [2.24, 2.45) is 5.73 Å². The van der Waals surface area contributed by atoms with Gasteiger partial charge in [-0.3, -0.25) is 9.59 Å². The Kier molecular flexibility index (Phi) is 5.32. The summed E-state index contributed by atoms with van der Waals surface area (Å²) in [7, 11) is 1.47. The molecule has 1 unspecified atom stereocenters. The molecule has 1 atom stereocenters. The summed E-state index contributed by atoms with van der Waals surface area (Å²) in [5.74, 6) is -3.06. The van der Waals surface area contributed by atoms with Crippen LogP contribution in [0.25, 0.3) is 0 Å². The lowest BCUT2D eigenvalue weighted by Gasteiger charge is -2.38. The van der Waals surface area contributed by atoms with Gasteiger partial charge in [0.2, 0.25) is 5.91 Å². The molecular weight excluding hydrogens is 432 g/mol. The lowest BCUT2D eigenvalue weighted by Crippen LogP contribution is -2.54. The third kappa shape index (κ3) is 4.00. The summed E-state index contributed by atoms with van der Waals surface area (Å²) in [5, 5.41) is -0.577. The third-order valence-corrected chi connectivity index (χ3v) is 4.72. The van der Waals surface area contributed by atoms with E-state index in [1.54, 1.807) is 0 Å². The summed E-state index contributed by atoms with van der Waals surface area (Å²) in [4.78, 5) is 25.1. The maximum atomic E-state index is 14.2. The summed E-state index contributed by atoms with van der Waals surface area (Å²) >= 11 is 5.78. The van der Waals surface area contributed by atoms with E-state index in [1.165, 1.54) is 37.1 Å². The normalized spacial score (nSPS) is 18.6. The number of halogens is 5. The van der Waals surface area contributed by atoms with E-state index >= 15 is 0 Å². The number of nitrogens with zero attached hydrogens (tertiary/aromatic N) is 1. The van der Waals surface area contributed by atoms with Gasteiger partial charge in [-0.25, -0.2) is 4.39 Å². The molecule has 160 valence electrons. The van der Waals surface area contributed by atoms with Crippen molar-refractivity contribution in [2.45, 2.75) is 25.1 Å². The molecule has 0 aliphatic carbocycles. The van der Waals surface area contributed by atoms with Crippen LogP contribution in [0, 0.1) is 5.82 Å². The van der Waals surface area contributed by atoms with Crippen molar-refractivity contribution in [2.75, 3.05) is 11.9 Å². The smallest absolute Gasteiger partial charge is 0.416 e. The number of ether oxygens (including phenoxy) is 2. The Bertz CT molecular complexity index is 1020. The molecule has 0 fully saturated rings. The highest BCUT2D eigenvalue weighted by Crippen LogP contribution is 2.43.